The second kappa shape index (κ2) is 3.82. The summed E-state index contributed by atoms with van der Waals surface area (Å²) in [6.45, 7) is 6.32. The van der Waals surface area contributed by atoms with Crippen LogP contribution in [0.4, 0.5) is 0 Å². The Morgan fingerprint density at radius 2 is 2.00 bits per heavy atom. The Hall–Kier alpha value is -1.08. The number of aromatic nitrogens is 1. The van der Waals surface area contributed by atoms with Crippen molar-refractivity contribution in [1.29, 1.82) is 0 Å². The van der Waals surface area contributed by atoms with Crippen molar-refractivity contribution in [3.8, 4) is 0 Å². The number of nitrogens with zero attached hydrogens (tertiary/aromatic N) is 1. The third kappa shape index (κ3) is 1.84. The first kappa shape index (κ1) is 10.4. The van der Waals surface area contributed by atoms with Crippen LogP contribution in [-0.4, -0.2) is 4.98 Å². The topological polar surface area (TPSA) is 12.9 Å². The minimum Gasteiger partial charge on any atom is -0.236 e. The van der Waals surface area contributed by atoms with Crippen LogP contribution in [0.5, 0.6) is 0 Å². The number of rotatable bonds is 1. The zero-order chi connectivity index (χ0) is 11.0. The van der Waals surface area contributed by atoms with Crippen LogP contribution < -0.4 is 0 Å². The van der Waals surface area contributed by atoms with Crippen molar-refractivity contribution in [2.45, 2.75) is 26.7 Å². The fraction of sp³-hybridized carbons (Fsp3) is 0.308. The van der Waals surface area contributed by atoms with Gasteiger partial charge in [0.25, 0.3) is 0 Å². The maximum Gasteiger partial charge on any atom is 0.133 e. The quantitative estimate of drug-likeness (QED) is 0.651. The molecule has 78 valence electrons. The van der Waals surface area contributed by atoms with E-state index in [1.54, 1.807) is 0 Å². The molecule has 1 aromatic heterocycles. The van der Waals surface area contributed by atoms with Crippen molar-refractivity contribution >= 4 is 22.5 Å². The summed E-state index contributed by atoms with van der Waals surface area (Å²) in [7, 11) is 0. The molecule has 0 N–H and O–H groups in total. The molecule has 0 atom stereocenters. The van der Waals surface area contributed by atoms with Crippen LogP contribution >= 0.6 is 11.6 Å². The summed E-state index contributed by atoms with van der Waals surface area (Å²) >= 11 is 6.16. The lowest BCUT2D eigenvalue weighted by molar-refractivity contribution is 0.862. The summed E-state index contributed by atoms with van der Waals surface area (Å²) in [4.78, 5) is 4.46. The first-order valence-electron chi connectivity index (χ1n) is 5.15. The molecule has 1 heterocycles. The highest BCUT2D eigenvalue weighted by Gasteiger charge is 2.08. The number of hydrogen-bond acceptors (Lipinski definition) is 1. The molecule has 1 nitrogen and oxygen atoms in total. The van der Waals surface area contributed by atoms with Gasteiger partial charge in [-0.05, 0) is 30.0 Å². The van der Waals surface area contributed by atoms with Gasteiger partial charge in [0, 0.05) is 5.39 Å². The molecule has 0 radical (unpaired) electrons. The highest BCUT2D eigenvalue weighted by Crippen LogP contribution is 2.27. The molecule has 15 heavy (non-hydrogen) atoms. The number of aryl methyl sites for hydroxylation is 1. The molecule has 0 aliphatic carbocycles. The minimum atomic E-state index is 0.412. The van der Waals surface area contributed by atoms with Crippen molar-refractivity contribution in [3.63, 3.8) is 0 Å². The first-order chi connectivity index (χ1) is 7.09. The fourth-order valence-electron chi connectivity index (χ4n) is 1.75. The monoisotopic (exact) mass is 219 g/mol. The highest BCUT2D eigenvalue weighted by atomic mass is 35.5. The van der Waals surface area contributed by atoms with Crippen molar-refractivity contribution in [3.05, 3.63) is 40.5 Å². The predicted molar refractivity (Wildman–Crippen MR) is 65.6 cm³/mol. The Kier molecular flexibility index (Phi) is 2.66. The molecule has 1 aromatic carbocycles. The summed E-state index contributed by atoms with van der Waals surface area (Å²) in [5, 5.41) is 1.80. The zero-order valence-corrected chi connectivity index (χ0v) is 9.97. The van der Waals surface area contributed by atoms with E-state index in [4.69, 9.17) is 11.6 Å². The second-order valence-electron chi connectivity index (χ2n) is 4.17. The molecule has 0 fully saturated rings. The van der Waals surface area contributed by atoms with Crippen LogP contribution in [0.25, 0.3) is 10.9 Å². The van der Waals surface area contributed by atoms with Gasteiger partial charge in [-0.3, -0.25) is 0 Å². The van der Waals surface area contributed by atoms with Crippen LogP contribution in [0.3, 0.4) is 0 Å². The summed E-state index contributed by atoms with van der Waals surface area (Å²) in [6, 6.07) is 8.33. The molecule has 0 bridgehead atoms. The standard InChI is InChI=1S/C13H14ClN/c1-8(2)11-7-10-6-4-5-9(3)12(10)15-13(11)14/h4-8H,1-3H3. The van der Waals surface area contributed by atoms with Crippen molar-refractivity contribution < 1.29 is 0 Å². The van der Waals surface area contributed by atoms with E-state index in [2.05, 4.69) is 50.0 Å². The number of pyridine rings is 1. The molecule has 0 unspecified atom stereocenters. The largest absolute Gasteiger partial charge is 0.236 e. The van der Waals surface area contributed by atoms with Gasteiger partial charge in [-0.25, -0.2) is 4.98 Å². The van der Waals surface area contributed by atoms with Crippen LogP contribution in [0, 0.1) is 6.92 Å². The molecular weight excluding hydrogens is 206 g/mol. The molecule has 0 spiro atoms. The maximum atomic E-state index is 6.16. The van der Waals surface area contributed by atoms with Crippen molar-refractivity contribution in [2.24, 2.45) is 0 Å². The van der Waals surface area contributed by atoms with Crippen LogP contribution in [0.15, 0.2) is 24.3 Å². The molecule has 0 aliphatic heterocycles. The predicted octanol–water partition coefficient (Wildman–Crippen LogP) is 4.32. The normalized spacial score (nSPS) is 11.3. The second-order valence-corrected chi connectivity index (χ2v) is 4.53. The van der Waals surface area contributed by atoms with Gasteiger partial charge in [0.1, 0.15) is 5.15 Å². The van der Waals surface area contributed by atoms with E-state index in [0.717, 1.165) is 11.1 Å². The van der Waals surface area contributed by atoms with Gasteiger partial charge in [0.2, 0.25) is 0 Å². The summed E-state index contributed by atoms with van der Waals surface area (Å²) in [6.07, 6.45) is 0. The maximum absolute atomic E-state index is 6.16. The third-order valence-electron chi connectivity index (χ3n) is 2.65. The Labute approximate surface area is 95.1 Å². The first-order valence-corrected chi connectivity index (χ1v) is 5.53. The Morgan fingerprint density at radius 1 is 1.27 bits per heavy atom. The highest BCUT2D eigenvalue weighted by molar-refractivity contribution is 6.30. The van der Waals surface area contributed by atoms with Gasteiger partial charge < -0.3 is 0 Å². The Morgan fingerprint density at radius 3 is 2.67 bits per heavy atom. The van der Waals surface area contributed by atoms with Crippen molar-refractivity contribution in [1.82, 2.24) is 4.98 Å². The lowest BCUT2D eigenvalue weighted by Gasteiger charge is -2.10. The fourth-order valence-corrected chi connectivity index (χ4v) is 2.10. The number of halogens is 1. The van der Waals surface area contributed by atoms with Crippen molar-refractivity contribution in [2.75, 3.05) is 0 Å². The van der Waals surface area contributed by atoms with E-state index >= 15 is 0 Å². The Balaban J connectivity index is 2.76. The van der Waals surface area contributed by atoms with E-state index in [1.165, 1.54) is 10.9 Å². The minimum absolute atomic E-state index is 0.412. The van der Waals surface area contributed by atoms with Gasteiger partial charge >= 0.3 is 0 Å². The van der Waals surface area contributed by atoms with E-state index in [-0.39, 0.29) is 0 Å². The number of fused-ring (bicyclic) bond motifs is 1. The molecule has 0 amide bonds. The summed E-state index contributed by atoms with van der Waals surface area (Å²) in [5.41, 5.74) is 3.30. The molecule has 0 saturated heterocycles. The van der Waals surface area contributed by atoms with Gasteiger partial charge in [-0.15, -0.1) is 0 Å². The van der Waals surface area contributed by atoms with Gasteiger partial charge in [-0.1, -0.05) is 43.6 Å². The van der Waals surface area contributed by atoms with E-state index in [0.29, 0.717) is 11.1 Å². The van der Waals surface area contributed by atoms with E-state index < -0.39 is 0 Å². The molecule has 0 saturated carbocycles. The number of benzene rings is 1. The molecular formula is C13H14ClN. The van der Waals surface area contributed by atoms with Crippen LogP contribution in [-0.2, 0) is 0 Å². The zero-order valence-electron chi connectivity index (χ0n) is 9.21. The van der Waals surface area contributed by atoms with Gasteiger partial charge in [0.15, 0.2) is 0 Å². The van der Waals surface area contributed by atoms with Crippen LogP contribution in [0.2, 0.25) is 5.15 Å². The SMILES string of the molecule is Cc1cccc2cc(C(C)C)c(Cl)nc12. The average Bonchev–Trinajstić information content (AvgIpc) is 2.18. The average molecular weight is 220 g/mol. The third-order valence-corrected chi connectivity index (χ3v) is 2.95. The molecule has 2 rings (SSSR count). The Bertz CT molecular complexity index is 503. The lowest BCUT2D eigenvalue weighted by Crippen LogP contribution is -1.93. The lowest BCUT2D eigenvalue weighted by atomic mass is 10.0. The summed E-state index contributed by atoms with van der Waals surface area (Å²) < 4.78 is 0. The summed E-state index contributed by atoms with van der Waals surface area (Å²) in [5.74, 6) is 0.412. The number of para-hydroxylation sites is 1. The van der Waals surface area contributed by atoms with Gasteiger partial charge in [-0.2, -0.15) is 0 Å². The number of hydrogen-bond donors (Lipinski definition) is 0. The van der Waals surface area contributed by atoms with E-state index in [1.807, 2.05) is 0 Å². The molecule has 2 heteroatoms. The van der Waals surface area contributed by atoms with E-state index in [9.17, 15) is 0 Å². The molecule has 0 aliphatic rings. The van der Waals surface area contributed by atoms with Gasteiger partial charge in [0.05, 0.1) is 5.52 Å². The smallest absolute Gasteiger partial charge is 0.133 e. The molecule has 2 aromatic rings. The van der Waals surface area contributed by atoms with Crippen LogP contribution in [0.1, 0.15) is 30.9 Å².